The summed E-state index contributed by atoms with van der Waals surface area (Å²) in [5.74, 6) is -0.767. The van der Waals surface area contributed by atoms with Gasteiger partial charge in [0, 0.05) is 0 Å². The van der Waals surface area contributed by atoms with E-state index in [2.05, 4.69) is 20.2 Å². The summed E-state index contributed by atoms with van der Waals surface area (Å²) in [7, 11) is 1.32. The Balaban J connectivity index is 1.51. The lowest BCUT2D eigenvalue weighted by atomic mass is 10.1. The van der Waals surface area contributed by atoms with Crippen LogP contribution in [0.15, 0.2) is 87.8 Å². The number of benzene rings is 3. The summed E-state index contributed by atoms with van der Waals surface area (Å²) in [4.78, 5) is 41.9. The molecule has 3 aromatic carbocycles. The molecule has 1 amide bonds. The fourth-order valence-electron chi connectivity index (χ4n) is 3.40. The molecule has 4 aromatic rings. The van der Waals surface area contributed by atoms with Crippen LogP contribution in [0.2, 0.25) is 0 Å². The topological polar surface area (TPSA) is 103 Å². The minimum absolute atomic E-state index is 0.00921. The maximum absolute atomic E-state index is 13.3. The number of hydrogen-bond donors (Lipinski definition) is 1. The Hall–Kier alpha value is -4.24. The van der Waals surface area contributed by atoms with Gasteiger partial charge in [0.2, 0.25) is 0 Å². The average Bonchev–Trinajstić information content (AvgIpc) is 2.88. The second-order valence-corrected chi connectivity index (χ2v) is 8.48. The maximum atomic E-state index is 13.3. The maximum Gasteiger partial charge on any atom is 0.337 e. The molecule has 0 fully saturated rings. The van der Waals surface area contributed by atoms with E-state index in [0.29, 0.717) is 32.9 Å². The van der Waals surface area contributed by atoms with Crippen LogP contribution in [0.5, 0.6) is 0 Å². The number of aromatic nitrogens is 2. The predicted molar refractivity (Wildman–Crippen MR) is 136 cm³/mol. The molecule has 4 rings (SSSR count). The number of thioether (sulfide) groups is 1. The fourth-order valence-corrected chi connectivity index (χ4v) is 4.20. The van der Waals surface area contributed by atoms with Gasteiger partial charge >= 0.3 is 5.97 Å². The molecule has 35 heavy (non-hydrogen) atoms. The Morgan fingerprint density at radius 3 is 2.51 bits per heavy atom. The van der Waals surface area contributed by atoms with E-state index in [-0.39, 0.29) is 17.2 Å². The van der Waals surface area contributed by atoms with E-state index >= 15 is 0 Å². The number of para-hydroxylation sites is 2. The Morgan fingerprint density at radius 1 is 1.06 bits per heavy atom. The number of rotatable bonds is 7. The lowest BCUT2D eigenvalue weighted by molar-refractivity contribution is -0.118. The van der Waals surface area contributed by atoms with Crippen molar-refractivity contribution < 1.29 is 14.3 Å². The zero-order chi connectivity index (χ0) is 24.8. The normalized spacial score (nSPS) is 11.0. The first-order chi connectivity index (χ1) is 17.0. The summed E-state index contributed by atoms with van der Waals surface area (Å²) >= 11 is 1.16. The van der Waals surface area contributed by atoms with Crippen LogP contribution in [-0.4, -0.2) is 40.5 Å². The van der Waals surface area contributed by atoms with Crippen LogP contribution in [0.25, 0.3) is 16.6 Å². The van der Waals surface area contributed by atoms with Crippen molar-refractivity contribution in [3.63, 3.8) is 0 Å². The number of esters is 1. The molecule has 1 aromatic heterocycles. The molecule has 1 N–H and O–H groups in total. The number of nitrogens with zero attached hydrogens (tertiary/aromatic N) is 3. The molecule has 0 atom stereocenters. The zero-order valence-electron chi connectivity index (χ0n) is 19.1. The van der Waals surface area contributed by atoms with Gasteiger partial charge in [-0.1, -0.05) is 54.2 Å². The molecule has 0 bridgehead atoms. The van der Waals surface area contributed by atoms with Crippen molar-refractivity contribution in [1.29, 1.82) is 0 Å². The second kappa shape index (κ2) is 10.8. The summed E-state index contributed by atoms with van der Waals surface area (Å²) < 4.78 is 6.21. The van der Waals surface area contributed by atoms with E-state index in [1.54, 1.807) is 47.0 Å². The summed E-state index contributed by atoms with van der Waals surface area (Å²) in [5.41, 5.74) is 5.61. The van der Waals surface area contributed by atoms with Crippen molar-refractivity contribution in [2.24, 2.45) is 5.10 Å². The summed E-state index contributed by atoms with van der Waals surface area (Å²) in [6, 6.07) is 21.3. The van der Waals surface area contributed by atoms with Crippen LogP contribution < -0.4 is 11.0 Å². The van der Waals surface area contributed by atoms with Crippen molar-refractivity contribution in [1.82, 2.24) is 15.0 Å². The van der Waals surface area contributed by atoms with Gasteiger partial charge in [0.1, 0.15) is 0 Å². The number of nitrogens with one attached hydrogen (secondary N) is 1. The molecule has 9 heteroatoms. The van der Waals surface area contributed by atoms with E-state index in [9.17, 15) is 14.4 Å². The molecule has 0 saturated heterocycles. The van der Waals surface area contributed by atoms with E-state index < -0.39 is 5.97 Å². The predicted octanol–water partition coefficient (Wildman–Crippen LogP) is 3.72. The third kappa shape index (κ3) is 5.47. The highest BCUT2D eigenvalue weighted by atomic mass is 32.2. The Morgan fingerprint density at radius 2 is 1.77 bits per heavy atom. The van der Waals surface area contributed by atoms with Gasteiger partial charge < -0.3 is 4.74 Å². The van der Waals surface area contributed by atoms with E-state index in [1.807, 2.05) is 37.3 Å². The van der Waals surface area contributed by atoms with Crippen LogP contribution in [-0.2, 0) is 9.53 Å². The number of aryl methyl sites for hydroxylation is 1. The monoisotopic (exact) mass is 486 g/mol. The van der Waals surface area contributed by atoms with E-state index in [0.717, 1.165) is 17.3 Å². The van der Waals surface area contributed by atoms with Gasteiger partial charge in [-0.05, 0) is 48.4 Å². The number of fused-ring (bicyclic) bond motifs is 1. The number of hydrogen-bond acceptors (Lipinski definition) is 7. The third-order valence-corrected chi connectivity index (χ3v) is 6.11. The molecular formula is C26H22N4O4S. The molecule has 8 nitrogen and oxygen atoms in total. The molecule has 0 spiro atoms. The quantitative estimate of drug-likeness (QED) is 0.140. The average molecular weight is 487 g/mol. The Kier molecular flexibility index (Phi) is 7.37. The minimum Gasteiger partial charge on any atom is -0.465 e. The molecule has 0 unspecified atom stereocenters. The smallest absolute Gasteiger partial charge is 0.337 e. The molecule has 1 heterocycles. The second-order valence-electron chi connectivity index (χ2n) is 7.53. The summed E-state index contributed by atoms with van der Waals surface area (Å²) in [6.07, 6.45) is 1.47. The summed E-state index contributed by atoms with van der Waals surface area (Å²) in [6.45, 7) is 1.92. The number of methoxy groups -OCH3 is 1. The van der Waals surface area contributed by atoms with Gasteiger partial charge in [-0.25, -0.2) is 15.2 Å². The molecule has 0 radical (unpaired) electrons. The molecule has 0 saturated carbocycles. The van der Waals surface area contributed by atoms with Crippen LogP contribution in [0.4, 0.5) is 0 Å². The van der Waals surface area contributed by atoms with Crippen molar-refractivity contribution in [3.8, 4) is 5.69 Å². The Labute approximate surface area is 205 Å². The molecule has 0 aliphatic carbocycles. The van der Waals surface area contributed by atoms with Gasteiger partial charge in [-0.3, -0.25) is 14.2 Å². The minimum atomic E-state index is -0.426. The highest BCUT2D eigenvalue weighted by Gasteiger charge is 2.15. The lowest BCUT2D eigenvalue weighted by Crippen LogP contribution is -2.24. The van der Waals surface area contributed by atoms with Gasteiger partial charge in [0.15, 0.2) is 5.16 Å². The van der Waals surface area contributed by atoms with E-state index in [1.165, 1.54) is 13.3 Å². The van der Waals surface area contributed by atoms with Crippen molar-refractivity contribution in [2.45, 2.75) is 12.1 Å². The highest BCUT2D eigenvalue weighted by Crippen LogP contribution is 2.23. The van der Waals surface area contributed by atoms with Crippen LogP contribution in [0, 0.1) is 6.92 Å². The molecule has 0 aliphatic rings. The SMILES string of the molecule is COC(=O)c1ccc(/C=N\NC(=O)CSc2nc3ccccc3c(=O)n2-c2ccccc2C)cc1. The number of amides is 1. The molecule has 176 valence electrons. The van der Waals surface area contributed by atoms with Crippen LogP contribution in [0.1, 0.15) is 21.5 Å². The van der Waals surface area contributed by atoms with Crippen molar-refractivity contribution in [2.75, 3.05) is 12.9 Å². The molecule has 0 aliphatic heterocycles. The highest BCUT2D eigenvalue weighted by molar-refractivity contribution is 7.99. The molecular weight excluding hydrogens is 464 g/mol. The zero-order valence-corrected chi connectivity index (χ0v) is 19.9. The van der Waals surface area contributed by atoms with Gasteiger partial charge in [-0.2, -0.15) is 5.10 Å². The van der Waals surface area contributed by atoms with Gasteiger partial charge in [0.05, 0.1) is 41.2 Å². The first-order valence-corrected chi connectivity index (χ1v) is 11.7. The standard InChI is InChI=1S/C26H22N4O4S/c1-17-7-3-6-10-22(17)30-24(32)20-8-4-5-9-21(20)28-26(30)35-16-23(31)29-27-15-18-11-13-19(14-12-18)25(33)34-2/h3-15H,16H2,1-2H3,(H,29,31)/b27-15-. The number of carbonyl (C=O) groups excluding carboxylic acids is 2. The van der Waals surface area contributed by atoms with E-state index in [4.69, 9.17) is 0 Å². The first kappa shape index (κ1) is 23.9. The number of ether oxygens (including phenoxy) is 1. The summed E-state index contributed by atoms with van der Waals surface area (Å²) in [5, 5.41) is 4.89. The first-order valence-electron chi connectivity index (χ1n) is 10.7. The van der Waals surface area contributed by atoms with Crippen LogP contribution in [0.3, 0.4) is 0 Å². The third-order valence-electron chi connectivity index (χ3n) is 5.17. The fraction of sp³-hybridized carbons (Fsp3) is 0.115. The number of carbonyl (C=O) groups is 2. The largest absolute Gasteiger partial charge is 0.465 e. The van der Waals surface area contributed by atoms with Gasteiger partial charge in [-0.15, -0.1) is 0 Å². The van der Waals surface area contributed by atoms with Crippen LogP contribution >= 0.6 is 11.8 Å². The lowest BCUT2D eigenvalue weighted by Gasteiger charge is -2.14. The van der Waals surface area contributed by atoms with Crippen molar-refractivity contribution >= 4 is 40.8 Å². The van der Waals surface area contributed by atoms with Crippen molar-refractivity contribution in [3.05, 3.63) is 99.8 Å². The Bertz CT molecular complexity index is 1480. The number of hydrazone groups is 1. The van der Waals surface area contributed by atoms with Gasteiger partial charge in [0.25, 0.3) is 11.5 Å².